The van der Waals surface area contributed by atoms with E-state index in [4.69, 9.17) is 9.47 Å². The lowest BCUT2D eigenvalue weighted by atomic mass is 10.0. The van der Waals surface area contributed by atoms with Gasteiger partial charge in [-0.1, -0.05) is 30.3 Å². The van der Waals surface area contributed by atoms with Crippen molar-refractivity contribution in [3.63, 3.8) is 0 Å². The summed E-state index contributed by atoms with van der Waals surface area (Å²) in [5.74, 6) is 0.534. The highest BCUT2D eigenvalue weighted by Crippen LogP contribution is 2.23. The van der Waals surface area contributed by atoms with E-state index in [0.29, 0.717) is 31.7 Å². The van der Waals surface area contributed by atoms with Crippen LogP contribution in [0.3, 0.4) is 0 Å². The molecule has 0 bridgehead atoms. The molecule has 1 aliphatic heterocycles. The third-order valence-electron chi connectivity index (χ3n) is 6.96. The Hall–Kier alpha value is -3.39. The number of aromatic nitrogens is 4. The molecular weight excluding hydrogens is 536 g/mol. The number of likely N-dealkylation sites (N-methyl/N-ethyl adjacent to an activating group) is 1. The van der Waals surface area contributed by atoms with Crippen LogP contribution in [0, 0.1) is 5.92 Å². The number of hydrogen-bond acceptors (Lipinski definition) is 9. The van der Waals surface area contributed by atoms with E-state index in [9.17, 15) is 18.3 Å². The summed E-state index contributed by atoms with van der Waals surface area (Å²) in [5, 5.41) is 17.8. The fourth-order valence-electron chi connectivity index (χ4n) is 4.47. The summed E-state index contributed by atoms with van der Waals surface area (Å²) < 4.78 is 41.8. The molecule has 12 nitrogen and oxygen atoms in total. The number of fused-ring (bicyclic) bond motifs is 1. The number of nitrogens with zero attached hydrogens (tertiary/aromatic N) is 6. The number of rotatable bonds is 8. The van der Waals surface area contributed by atoms with Crippen molar-refractivity contribution in [3.05, 3.63) is 60.6 Å². The van der Waals surface area contributed by atoms with E-state index < -0.39 is 16.1 Å². The van der Waals surface area contributed by atoms with Crippen molar-refractivity contribution < 1.29 is 27.8 Å². The number of sulfonamides is 1. The topological polar surface area (TPSA) is 140 Å². The van der Waals surface area contributed by atoms with Crippen LogP contribution >= 0.6 is 0 Å². The number of aryl methyl sites for hydroxylation is 1. The number of ether oxygens (including phenoxy) is 2. The first-order chi connectivity index (χ1) is 19.2. The number of pyridine rings is 1. The lowest BCUT2D eigenvalue weighted by molar-refractivity contribution is -0.136. The van der Waals surface area contributed by atoms with Crippen LogP contribution in [0.4, 0.5) is 0 Å². The van der Waals surface area contributed by atoms with Gasteiger partial charge in [0.2, 0.25) is 21.8 Å². The largest absolute Gasteiger partial charge is 0.439 e. The Morgan fingerprint density at radius 1 is 1.20 bits per heavy atom. The van der Waals surface area contributed by atoms with E-state index in [0.717, 1.165) is 5.69 Å². The molecule has 3 atom stereocenters. The number of para-hydroxylation sites is 1. The highest BCUT2D eigenvalue weighted by atomic mass is 32.2. The molecule has 216 valence electrons. The van der Waals surface area contributed by atoms with Gasteiger partial charge in [-0.15, -0.1) is 5.10 Å². The molecule has 1 amide bonds. The van der Waals surface area contributed by atoms with Crippen molar-refractivity contribution in [1.29, 1.82) is 0 Å². The molecule has 0 unspecified atom stereocenters. The van der Waals surface area contributed by atoms with E-state index in [1.165, 1.54) is 29.7 Å². The van der Waals surface area contributed by atoms with Crippen LogP contribution in [0.5, 0.6) is 11.6 Å². The van der Waals surface area contributed by atoms with Gasteiger partial charge in [-0.05, 0) is 31.5 Å². The second kappa shape index (κ2) is 13.3. The zero-order chi connectivity index (χ0) is 28.7. The molecule has 1 aliphatic rings. The molecule has 1 N–H and O–H groups in total. The van der Waals surface area contributed by atoms with Crippen molar-refractivity contribution >= 4 is 15.9 Å². The Labute approximate surface area is 234 Å². The average molecular weight is 573 g/mol. The standard InChI is InChI=1S/C27H36N6O6S/c1-20-16-32(21(2)18-34)27(35)10-7-13-33-22(14-29-30-33)19-38-25(20)17-31(3)40(36,37)24-11-12-26(28-15-24)39-23-8-5-4-6-9-23/h4-6,8-9,11-12,14-15,20-21,25,34H,7,10,13,16-19H2,1-3H3/t20-,21-,25-/m0/s1. The van der Waals surface area contributed by atoms with E-state index >= 15 is 0 Å². The highest BCUT2D eigenvalue weighted by Gasteiger charge is 2.31. The minimum absolute atomic E-state index is 0.0178. The lowest BCUT2D eigenvalue weighted by Gasteiger charge is -2.35. The van der Waals surface area contributed by atoms with Gasteiger partial charge in [-0.3, -0.25) is 4.79 Å². The lowest BCUT2D eigenvalue weighted by Crippen LogP contribution is -2.47. The van der Waals surface area contributed by atoms with Crippen LogP contribution in [-0.2, 0) is 32.7 Å². The molecule has 0 saturated carbocycles. The van der Waals surface area contributed by atoms with E-state index in [-0.39, 0.29) is 48.4 Å². The normalized spacial score (nSPS) is 19.9. The second-order valence-corrected chi connectivity index (χ2v) is 12.0. The van der Waals surface area contributed by atoms with Crippen LogP contribution in [0.2, 0.25) is 0 Å². The maximum atomic E-state index is 13.5. The van der Waals surface area contributed by atoms with E-state index in [1.54, 1.807) is 34.8 Å². The summed E-state index contributed by atoms with van der Waals surface area (Å²) in [4.78, 5) is 18.9. The Kier molecular flexibility index (Phi) is 9.85. The predicted octanol–water partition coefficient (Wildman–Crippen LogP) is 2.31. The van der Waals surface area contributed by atoms with Crippen LogP contribution in [0.15, 0.2) is 59.8 Å². The van der Waals surface area contributed by atoms with Gasteiger partial charge in [-0.25, -0.2) is 18.1 Å². The SMILES string of the molecule is C[C@H]1CN([C@@H](C)CO)C(=O)CCCn2nncc2CO[C@H]1CN(C)S(=O)(=O)c1ccc(Oc2ccccc2)nc1. The van der Waals surface area contributed by atoms with Crippen LogP contribution < -0.4 is 4.74 Å². The minimum atomic E-state index is -3.91. The summed E-state index contributed by atoms with van der Waals surface area (Å²) in [6.07, 6.45) is 3.18. The molecule has 3 aromatic rings. The predicted molar refractivity (Wildman–Crippen MR) is 146 cm³/mol. The Balaban J connectivity index is 1.52. The van der Waals surface area contributed by atoms with E-state index in [1.807, 2.05) is 25.1 Å². The number of carbonyl (C=O) groups excluding carboxylic acids is 1. The van der Waals surface area contributed by atoms with Gasteiger partial charge in [0.25, 0.3) is 0 Å². The first kappa shape index (κ1) is 29.6. The number of carbonyl (C=O) groups is 1. The molecule has 3 heterocycles. The fourth-order valence-corrected chi connectivity index (χ4v) is 5.60. The third-order valence-corrected chi connectivity index (χ3v) is 8.77. The summed E-state index contributed by atoms with van der Waals surface area (Å²) in [5.41, 5.74) is 0.745. The van der Waals surface area contributed by atoms with Crippen molar-refractivity contribution in [2.24, 2.45) is 5.92 Å². The molecule has 0 fully saturated rings. The van der Waals surface area contributed by atoms with E-state index in [2.05, 4.69) is 15.3 Å². The first-order valence-electron chi connectivity index (χ1n) is 13.2. The van der Waals surface area contributed by atoms with Crippen molar-refractivity contribution in [3.8, 4) is 11.6 Å². The van der Waals surface area contributed by atoms with Crippen LogP contribution in [0.1, 0.15) is 32.4 Å². The first-order valence-corrected chi connectivity index (χ1v) is 14.7. The van der Waals surface area contributed by atoms with Gasteiger partial charge in [-0.2, -0.15) is 4.31 Å². The molecule has 0 aliphatic carbocycles. The molecule has 1 aromatic carbocycles. The highest BCUT2D eigenvalue weighted by molar-refractivity contribution is 7.89. The van der Waals surface area contributed by atoms with Gasteiger partial charge >= 0.3 is 0 Å². The smallest absolute Gasteiger partial charge is 0.244 e. The fraction of sp³-hybridized carbons (Fsp3) is 0.481. The van der Waals surface area contributed by atoms with Crippen molar-refractivity contribution in [2.45, 2.75) is 56.9 Å². The summed E-state index contributed by atoms with van der Waals surface area (Å²) in [7, 11) is -2.42. The second-order valence-electron chi connectivity index (χ2n) is 9.99. The maximum absolute atomic E-state index is 13.5. The molecular formula is C27H36N6O6S. The minimum Gasteiger partial charge on any atom is -0.439 e. The monoisotopic (exact) mass is 572 g/mol. The number of aliphatic hydroxyl groups excluding tert-OH is 1. The number of aliphatic hydroxyl groups is 1. The Bertz CT molecular complexity index is 1350. The van der Waals surface area contributed by atoms with Gasteiger partial charge < -0.3 is 19.5 Å². The molecule has 13 heteroatoms. The molecule has 0 spiro atoms. The summed E-state index contributed by atoms with van der Waals surface area (Å²) >= 11 is 0. The van der Waals surface area contributed by atoms with Gasteiger partial charge in [0.15, 0.2) is 0 Å². The van der Waals surface area contributed by atoms with Gasteiger partial charge in [0.05, 0.1) is 43.4 Å². The molecule has 0 saturated heterocycles. The third kappa shape index (κ3) is 7.22. The summed E-state index contributed by atoms with van der Waals surface area (Å²) in [6.45, 7) is 4.55. The quantitative estimate of drug-likeness (QED) is 0.431. The maximum Gasteiger partial charge on any atom is 0.244 e. The molecule has 0 radical (unpaired) electrons. The number of amides is 1. The van der Waals surface area contributed by atoms with Crippen molar-refractivity contribution in [2.75, 3.05) is 26.7 Å². The Morgan fingerprint density at radius 3 is 2.67 bits per heavy atom. The molecule has 2 aromatic heterocycles. The number of benzene rings is 1. The number of hydrogen-bond donors (Lipinski definition) is 1. The average Bonchev–Trinajstić information content (AvgIpc) is 3.40. The van der Waals surface area contributed by atoms with Gasteiger partial charge in [0.1, 0.15) is 10.6 Å². The zero-order valence-corrected chi connectivity index (χ0v) is 23.8. The zero-order valence-electron chi connectivity index (χ0n) is 23.0. The molecule has 4 rings (SSSR count). The summed E-state index contributed by atoms with van der Waals surface area (Å²) in [6, 6.07) is 11.7. The molecule has 40 heavy (non-hydrogen) atoms. The van der Waals surface area contributed by atoms with Gasteiger partial charge in [0, 0.05) is 45.1 Å². The van der Waals surface area contributed by atoms with Crippen LogP contribution in [-0.4, -0.2) is 87.5 Å². The van der Waals surface area contributed by atoms with Crippen molar-refractivity contribution in [1.82, 2.24) is 29.2 Å². The Morgan fingerprint density at radius 2 is 1.98 bits per heavy atom. The van der Waals surface area contributed by atoms with Crippen LogP contribution in [0.25, 0.3) is 0 Å².